The average molecular weight is 204 g/mol. The maximum Gasteiger partial charge on any atom is 0.220 e. The zero-order valence-corrected chi connectivity index (χ0v) is 9.38. The molecule has 3 nitrogen and oxygen atoms in total. The molecule has 0 radical (unpaired) electrons. The van der Waals surface area contributed by atoms with Crippen LogP contribution >= 0.6 is 11.8 Å². The van der Waals surface area contributed by atoms with Gasteiger partial charge >= 0.3 is 0 Å². The number of nitrogens with one attached hydrogen (secondary N) is 2. The van der Waals surface area contributed by atoms with Crippen molar-refractivity contribution in [1.82, 2.24) is 10.6 Å². The summed E-state index contributed by atoms with van der Waals surface area (Å²) >= 11 is 1.70. The van der Waals surface area contributed by atoms with Crippen molar-refractivity contribution in [3.05, 3.63) is 0 Å². The van der Waals surface area contributed by atoms with Crippen LogP contribution in [0.1, 0.15) is 19.8 Å². The van der Waals surface area contributed by atoms with Crippen molar-refractivity contribution in [2.24, 2.45) is 0 Å². The number of carbonyl (C=O) groups excluding carboxylic acids is 1. The average Bonchev–Trinajstić information content (AvgIpc) is 2.14. The third kappa shape index (κ3) is 9.70. The van der Waals surface area contributed by atoms with Crippen molar-refractivity contribution in [2.75, 3.05) is 31.6 Å². The molecule has 13 heavy (non-hydrogen) atoms. The van der Waals surface area contributed by atoms with Crippen LogP contribution in [0.3, 0.4) is 0 Å². The summed E-state index contributed by atoms with van der Waals surface area (Å²) in [5.41, 5.74) is 0. The third-order valence-corrected chi connectivity index (χ3v) is 2.20. The van der Waals surface area contributed by atoms with E-state index in [4.69, 9.17) is 0 Å². The Morgan fingerprint density at radius 3 is 2.69 bits per heavy atom. The molecule has 78 valence electrons. The van der Waals surface area contributed by atoms with Crippen molar-refractivity contribution in [2.45, 2.75) is 19.8 Å². The topological polar surface area (TPSA) is 41.1 Å². The van der Waals surface area contributed by atoms with Crippen LogP contribution in [0, 0.1) is 0 Å². The number of thioether (sulfide) groups is 1. The van der Waals surface area contributed by atoms with E-state index in [1.807, 2.05) is 6.26 Å². The fraction of sp³-hybridized carbons (Fsp3) is 0.889. The van der Waals surface area contributed by atoms with Gasteiger partial charge in [-0.25, -0.2) is 0 Å². The number of rotatable bonds is 8. The van der Waals surface area contributed by atoms with Crippen LogP contribution in [0.25, 0.3) is 0 Å². The van der Waals surface area contributed by atoms with Gasteiger partial charge in [0.15, 0.2) is 0 Å². The molecule has 0 bridgehead atoms. The fourth-order valence-corrected chi connectivity index (χ4v) is 1.26. The number of carbonyl (C=O) groups is 1. The molecule has 4 heteroatoms. The lowest BCUT2D eigenvalue weighted by Gasteiger charge is -2.05. The van der Waals surface area contributed by atoms with E-state index in [-0.39, 0.29) is 5.91 Å². The maximum atomic E-state index is 11.1. The van der Waals surface area contributed by atoms with Gasteiger partial charge in [-0.2, -0.15) is 11.8 Å². The molecule has 0 atom stereocenters. The van der Waals surface area contributed by atoms with Gasteiger partial charge in [0.2, 0.25) is 5.91 Å². The standard InChI is InChI=1S/C9H20N2OS/c1-3-5-10-6-7-11-9(12)4-8-13-2/h10H,3-8H2,1-2H3,(H,11,12). The monoisotopic (exact) mass is 204 g/mol. The smallest absolute Gasteiger partial charge is 0.220 e. The molecule has 0 unspecified atom stereocenters. The second-order valence-electron chi connectivity index (χ2n) is 2.84. The quantitative estimate of drug-likeness (QED) is 0.576. The van der Waals surface area contributed by atoms with E-state index < -0.39 is 0 Å². The van der Waals surface area contributed by atoms with Crippen molar-refractivity contribution in [1.29, 1.82) is 0 Å². The van der Waals surface area contributed by atoms with Gasteiger partial charge in [0, 0.05) is 25.3 Å². The van der Waals surface area contributed by atoms with Crippen molar-refractivity contribution >= 4 is 17.7 Å². The van der Waals surface area contributed by atoms with Gasteiger partial charge in [0.25, 0.3) is 0 Å². The van der Waals surface area contributed by atoms with E-state index in [0.717, 1.165) is 31.8 Å². The lowest BCUT2D eigenvalue weighted by molar-refractivity contribution is -0.120. The molecule has 0 aromatic rings. The van der Waals surface area contributed by atoms with Crippen LogP contribution < -0.4 is 10.6 Å². The second-order valence-corrected chi connectivity index (χ2v) is 3.83. The van der Waals surface area contributed by atoms with Gasteiger partial charge in [0.1, 0.15) is 0 Å². The predicted octanol–water partition coefficient (Wildman–Crippen LogP) is 0.855. The zero-order valence-electron chi connectivity index (χ0n) is 8.56. The summed E-state index contributed by atoms with van der Waals surface area (Å²) in [5.74, 6) is 1.07. The molecule has 0 rings (SSSR count). The highest BCUT2D eigenvalue weighted by atomic mass is 32.2. The van der Waals surface area contributed by atoms with Crippen molar-refractivity contribution < 1.29 is 4.79 Å². The molecule has 0 spiro atoms. The Morgan fingerprint density at radius 1 is 1.31 bits per heavy atom. The molecule has 1 amide bonds. The van der Waals surface area contributed by atoms with E-state index >= 15 is 0 Å². The molecule has 0 aliphatic heterocycles. The Hall–Kier alpha value is -0.220. The Bertz CT molecular complexity index is 131. The van der Waals surface area contributed by atoms with E-state index in [9.17, 15) is 4.79 Å². The van der Waals surface area contributed by atoms with E-state index in [2.05, 4.69) is 17.6 Å². The summed E-state index contributed by atoms with van der Waals surface area (Å²) in [7, 11) is 0. The molecule has 0 aliphatic rings. The van der Waals surface area contributed by atoms with E-state index in [1.54, 1.807) is 11.8 Å². The van der Waals surface area contributed by atoms with Gasteiger partial charge in [0.05, 0.1) is 0 Å². The summed E-state index contributed by atoms with van der Waals surface area (Å²) in [6.45, 7) is 4.77. The minimum absolute atomic E-state index is 0.160. The summed E-state index contributed by atoms with van der Waals surface area (Å²) in [6, 6.07) is 0. The third-order valence-electron chi connectivity index (χ3n) is 1.58. The fourth-order valence-electron chi connectivity index (χ4n) is 0.875. The van der Waals surface area contributed by atoms with Crippen molar-refractivity contribution in [3.8, 4) is 0 Å². The molecular weight excluding hydrogens is 184 g/mol. The van der Waals surface area contributed by atoms with Gasteiger partial charge in [-0.15, -0.1) is 0 Å². The van der Waals surface area contributed by atoms with Gasteiger partial charge < -0.3 is 10.6 Å². The molecule has 0 aromatic heterocycles. The van der Waals surface area contributed by atoms with Crippen LogP contribution in [-0.4, -0.2) is 37.6 Å². The number of hydrogen-bond donors (Lipinski definition) is 2. The molecule has 2 N–H and O–H groups in total. The Labute approximate surface area is 85.0 Å². The maximum absolute atomic E-state index is 11.1. The summed E-state index contributed by atoms with van der Waals surface area (Å²) in [5, 5.41) is 6.09. The van der Waals surface area contributed by atoms with Crippen LogP contribution in [0.4, 0.5) is 0 Å². The van der Waals surface area contributed by atoms with Gasteiger partial charge in [-0.05, 0) is 19.2 Å². The highest BCUT2D eigenvalue weighted by Gasteiger charge is 1.97. The first-order valence-corrected chi connectivity index (χ1v) is 6.17. The van der Waals surface area contributed by atoms with Crippen LogP contribution in [0.15, 0.2) is 0 Å². The first-order valence-electron chi connectivity index (χ1n) is 4.77. The molecule has 0 saturated heterocycles. The van der Waals surface area contributed by atoms with Crippen LogP contribution in [-0.2, 0) is 4.79 Å². The minimum atomic E-state index is 0.160. The zero-order chi connectivity index (χ0) is 9.94. The number of amides is 1. The van der Waals surface area contributed by atoms with Crippen molar-refractivity contribution in [3.63, 3.8) is 0 Å². The van der Waals surface area contributed by atoms with Crippen LogP contribution in [0.2, 0.25) is 0 Å². The van der Waals surface area contributed by atoms with Gasteiger partial charge in [-0.1, -0.05) is 6.92 Å². The highest BCUT2D eigenvalue weighted by molar-refractivity contribution is 7.98. The van der Waals surface area contributed by atoms with Gasteiger partial charge in [-0.3, -0.25) is 4.79 Å². The van der Waals surface area contributed by atoms with Crippen LogP contribution in [0.5, 0.6) is 0 Å². The molecule has 0 aliphatic carbocycles. The van der Waals surface area contributed by atoms with E-state index in [1.165, 1.54) is 0 Å². The minimum Gasteiger partial charge on any atom is -0.355 e. The van der Waals surface area contributed by atoms with E-state index in [0.29, 0.717) is 6.42 Å². The summed E-state index contributed by atoms with van der Waals surface area (Å²) < 4.78 is 0. The number of hydrogen-bond acceptors (Lipinski definition) is 3. The molecule has 0 aromatic carbocycles. The SMILES string of the molecule is CCCNCCNC(=O)CCSC. The first kappa shape index (κ1) is 12.8. The normalized spacial score (nSPS) is 10.0. The Kier molecular flexibility index (Phi) is 9.70. The summed E-state index contributed by atoms with van der Waals surface area (Å²) in [4.78, 5) is 11.1. The largest absolute Gasteiger partial charge is 0.355 e. The molecule has 0 heterocycles. The lowest BCUT2D eigenvalue weighted by Crippen LogP contribution is -2.32. The first-order chi connectivity index (χ1) is 6.31. The Balaban J connectivity index is 3.08. The second kappa shape index (κ2) is 9.86. The molecule has 0 saturated carbocycles. The molecular formula is C9H20N2OS. The lowest BCUT2D eigenvalue weighted by atomic mass is 10.4. The summed E-state index contributed by atoms with van der Waals surface area (Å²) in [6.07, 6.45) is 3.78. The molecule has 0 fully saturated rings. The highest BCUT2D eigenvalue weighted by Crippen LogP contribution is 1.93. The Morgan fingerprint density at radius 2 is 2.08 bits per heavy atom. The predicted molar refractivity (Wildman–Crippen MR) is 59.2 cm³/mol.